The minimum absolute atomic E-state index is 0.0135. The highest BCUT2D eigenvalue weighted by atomic mass is 15.1. The van der Waals surface area contributed by atoms with Gasteiger partial charge < -0.3 is 9.13 Å². The first-order valence-corrected chi connectivity index (χ1v) is 23.3. The molecule has 0 amide bonds. The molecule has 1 spiro atoms. The Bertz CT molecular complexity index is 3890. The fraction of sp³-hybridized carbons (Fsp3) is 0.115. The normalized spacial score (nSPS) is 14.2. The number of nitrogens with zero attached hydrogens (tertiary/aromatic N) is 2. The van der Waals surface area contributed by atoms with Gasteiger partial charge in [-0.3, -0.25) is 0 Å². The number of hydrogen-bond acceptors (Lipinski definition) is 0. The van der Waals surface area contributed by atoms with E-state index in [1.54, 1.807) is 0 Å². The summed E-state index contributed by atoms with van der Waals surface area (Å²) in [6, 6.07) is 64.2. The van der Waals surface area contributed by atoms with E-state index in [1.165, 1.54) is 149 Å². The molecule has 11 aromatic rings. The van der Waals surface area contributed by atoms with Crippen LogP contribution in [0.2, 0.25) is 0 Å². The first kappa shape index (κ1) is 35.1. The van der Waals surface area contributed by atoms with Crippen molar-refractivity contribution in [3.05, 3.63) is 208 Å². The van der Waals surface area contributed by atoms with E-state index >= 15 is 0 Å². The number of hydrogen-bond donors (Lipinski definition) is 0. The van der Waals surface area contributed by atoms with Gasteiger partial charge in [-0.05, 0) is 134 Å². The van der Waals surface area contributed by atoms with Gasteiger partial charge in [0.25, 0.3) is 6.71 Å². The summed E-state index contributed by atoms with van der Waals surface area (Å²) in [6.45, 7) is 9.07. The second-order valence-corrected chi connectivity index (χ2v) is 19.0. The summed E-state index contributed by atoms with van der Waals surface area (Å²) in [5.41, 5.74) is 29.2. The van der Waals surface area contributed by atoms with Gasteiger partial charge in [0.1, 0.15) is 0 Å². The number of aromatic nitrogens is 2. The molecule has 0 saturated carbocycles. The minimum Gasteiger partial charge on any atom is -0.310 e. The third kappa shape index (κ3) is 3.99. The molecule has 0 N–H and O–H groups in total. The van der Waals surface area contributed by atoms with Gasteiger partial charge in [-0.15, -0.1) is 0 Å². The SMILES string of the molecule is CCc1cc2c3c(c1)c1cc(CC)cc4c1n3-c1c(ccc3c1B2c1c2ccccc2cc2c(-c5ccc(C)cc5)c(-c5ccc(C)cc5)n-3c12)C41c2ccccc2-c2ccccc21. The summed E-state index contributed by atoms with van der Waals surface area (Å²) in [4.78, 5) is 0. The third-order valence-electron chi connectivity index (χ3n) is 15.9. The van der Waals surface area contributed by atoms with Crippen LogP contribution in [0.4, 0.5) is 0 Å². The zero-order valence-electron chi connectivity index (χ0n) is 36.5. The minimum atomic E-state index is -0.501. The first-order chi connectivity index (χ1) is 31.5. The molecule has 15 rings (SSSR count). The molecule has 0 saturated heterocycles. The van der Waals surface area contributed by atoms with Crippen LogP contribution >= 0.6 is 0 Å². The van der Waals surface area contributed by atoms with Gasteiger partial charge >= 0.3 is 0 Å². The van der Waals surface area contributed by atoms with Crippen LogP contribution in [0.3, 0.4) is 0 Å². The van der Waals surface area contributed by atoms with Gasteiger partial charge in [-0.1, -0.05) is 165 Å². The average molecular weight is 815 g/mol. The van der Waals surface area contributed by atoms with Crippen molar-refractivity contribution in [3.63, 3.8) is 0 Å². The molecule has 0 radical (unpaired) electrons. The molecule has 300 valence electrons. The molecule has 3 aliphatic heterocycles. The molecule has 3 heteroatoms. The van der Waals surface area contributed by atoms with E-state index in [4.69, 9.17) is 0 Å². The van der Waals surface area contributed by atoms with Crippen molar-refractivity contribution in [2.45, 2.75) is 46.0 Å². The lowest BCUT2D eigenvalue weighted by atomic mass is 9.33. The largest absolute Gasteiger partial charge is 0.310 e. The third-order valence-corrected chi connectivity index (χ3v) is 15.9. The van der Waals surface area contributed by atoms with Crippen molar-refractivity contribution in [1.29, 1.82) is 0 Å². The highest BCUT2D eigenvalue weighted by Crippen LogP contribution is 2.62. The standard InChI is InChI=1S/C61H43BN2/c1-5-36-29-44-45-30-37(6-2)32-51-58(45)64-57(44)50(31-36)61(47-17-11-9-15-42(47)43-16-10-12-18-48(43)61)49-27-28-52-55(60(49)64)62(51)54-41-14-8-7-13-40(41)33-46-53(38-23-19-34(3)20-24-38)56(63(52)59(46)54)39-25-21-35(4)22-26-39/h7-33H,5-6H2,1-4H3. The van der Waals surface area contributed by atoms with E-state index in [-0.39, 0.29) is 6.71 Å². The van der Waals surface area contributed by atoms with Crippen LogP contribution in [0, 0.1) is 13.8 Å². The molecule has 5 heterocycles. The Balaban J connectivity index is 1.22. The average Bonchev–Trinajstić information content (AvgIpc) is 3.96. The Labute approximate surface area is 373 Å². The fourth-order valence-corrected chi connectivity index (χ4v) is 13.3. The highest BCUT2D eigenvalue weighted by molar-refractivity contribution is 7.01. The molecule has 0 atom stereocenters. The molecule has 9 aromatic carbocycles. The van der Waals surface area contributed by atoms with Gasteiger partial charge in [0.15, 0.2) is 0 Å². The van der Waals surface area contributed by atoms with Crippen molar-refractivity contribution in [2.75, 3.05) is 0 Å². The Morgan fingerprint density at radius 2 is 1.09 bits per heavy atom. The van der Waals surface area contributed by atoms with Gasteiger partial charge in [0.05, 0.1) is 22.1 Å². The topological polar surface area (TPSA) is 9.86 Å². The summed E-state index contributed by atoms with van der Waals surface area (Å²) in [5.74, 6) is 0. The van der Waals surface area contributed by atoms with Crippen LogP contribution in [0.5, 0.6) is 0 Å². The maximum absolute atomic E-state index is 2.76. The van der Waals surface area contributed by atoms with Crippen molar-refractivity contribution in [1.82, 2.24) is 9.13 Å². The number of aryl methyl sites for hydroxylation is 4. The van der Waals surface area contributed by atoms with E-state index in [2.05, 4.69) is 201 Å². The Hall–Kier alpha value is -7.36. The molecule has 0 bridgehead atoms. The summed E-state index contributed by atoms with van der Waals surface area (Å²) in [6.07, 6.45) is 1.95. The lowest BCUT2D eigenvalue weighted by Crippen LogP contribution is -2.60. The lowest BCUT2D eigenvalue weighted by Gasteiger charge is -2.44. The molecule has 64 heavy (non-hydrogen) atoms. The quantitative estimate of drug-likeness (QED) is 0.157. The number of rotatable bonds is 4. The Kier molecular flexibility index (Phi) is 6.59. The van der Waals surface area contributed by atoms with Crippen LogP contribution in [0.15, 0.2) is 164 Å². The van der Waals surface area contributed by atoms with Gasteiger partial charge in [0.2, 0.25) is 0 Å². The Morgan fingerprint density at radius 3 is 1.80 bits per heavy atom. The molecule has 4 aliphatic rings. The van der Waals surface area contributed by atoms with Crippen molar-refractivity contribution >= 4 is 66.6 Å². The molecular formula is C61H43BN2. The predicted octanol–water partition coefficient (Wildman–Crippen LogP) is 12.8. The second kappa shape index (κ2) is 12.0. The highest BCUT2D eigenvalue weighted by Gasteiger charge is 2.54. The van der Waals surface area contributed by atoms with E-state index in [9.17, 15) is 0 Å². The van der Waals surface area contributed by atoms with E-state index in [0.29, 0.717) is 0 Å². The van der Waals surface area contributed by atoms with Crippen LogP contribution in [0.1, 0.15) is 58.4 Å². The molecule has 2 aromatic heterocycles. The fourth-order valence-electron chi connectivity index (χ4n) is 13.3. The van der Waals surface area contributed by atoms with Crippen LogP contribution in [-0.2, 0) is 18.3 Å². The van der Waals surface area contributed by atoms with Crippen molar-refractivity contribution in [2.24, 2.45) is 0 Å². The monoisotopic (exact) mass is 814 g/mol. The number of benzene rings is 9. The first-order valence-electron chi connectivity index (χ1n) is 23.3. The van der Waals surface area contributed by atoms with Crippen LogP contribution in [-0.4, -0.2) is 15.8 Å². The zero-order chi connectivity index (χ0) is 42.3. The van der Waals surface area contributed by atoms with Gasteiger partial charge in [-0.25, -0.2) is 0 Å². The van der Waals surface area contributed by atoms with Gasteiger partial charge in [0, 0.05) is 38.6 Å². The Morgan fingerprint density at radius 1 is 0.469 bits per heavy atom. The summed E-state index contributed by atoms with van der Waals surface area (Å²) in [5, 5.41) is 6.71. The summed E-state index contributed by atoms with van der Waals surface area (Å²) < 4.78 is 5.46. The van der Waals surface area contributed by atoms with E-state index in [0.717, 1.165) is 12.8 Å². The molecule has 0 unspecified atom stereocenters. The van der Waals surface area contributed by atoms with Crippen molar-refractivity contribution < 1.29 is 0 Å². The summed E-state index contributed by atoms with van der Waals surface area (Å²) >= 11 is 0. The smallest absolute Gasteiger partial charge is 0.253 e. The second-order valence-electron chi connectivity index (χ2n) is 19.0. The van der Waals surface area contributed by atoms with Gasteiger partial charge in [-0.2, -0.15) is 0 Å². The maximum Gasteiger partial charge on any atom is 0.253 e. The lowest BCUT2D eigenvalue weighted by molar-refractivity contribution is 0.747. The molecule has 1 aliphatic carbocycles. The van der Waals surface area contributed by atoms with Crippen LogP contribution < -0.4 is 16.4 Å². The maximum atomic E-state index is 2.76. The summed E-state index contributed by atoms with van der Waals surface area (Å²) in [7, 11) is 0. The predicted molar refractivity (Wildman–Crippen MR) is 270 cm³/mol. The molecule has 2 nitrogen and oxygen atoms in total. The molecule has 0 fully saturated rings. The van der Waals surface area contributed by atoms with Crippen LogP contribution in [0.25, 0.3) is 88.4 Å². The number of fused-ring (bicyclic) bond motifs is 13. The van der Waals surface area contributed by atoms with E-state index in [1.807, 2.05) is 0 Å². The zero-order valence-corrected chi connectivity index (χ0v) is 36.5. The molecular weight excluding hydrogens is 771 g/mol. The van der Waals surface area contributed by atoms with E-state index < -0.39 is 5.41 Å². The van der Waals surface area contributed by atoms with Crippen molar-refractivity contribution in [3.8, 4) is 44.9 Å².